The van der Waals surface area contributed by atoms with Crippen LogP contribution in [-0.2, 0) is 14.3 Å². The molecule has 3 aromatic carbocycles. The number of rotatable bonds is 14. The first-order valence-corrected chi connectivity index (χ1v) is 16.9. The summed E-state index contributed by atoms with van der Waals surface area (Å²) in [6.07, 6.45) is 4.90. The third-order valence-corrected chi connectivity index (χ3v) is 9.31. The first-order valence-electron chi connectivity index (χ1n) is 16.9. The van der Waals surface area contributed by atoms with E-state index in [2.05, 4.69) is 26.2 Å². The fourth-order valence-electron chi connectivity index (χ4n) is 6.56. The van der Waals surface area contributed by atoms with Crippen LogP contribution in [0, 0.1) is 5.92 Å². The van der Waals surface area contributed by atoms with E-state index in [1.165, 1.54) is 6.07 Å². The Labute approximate surface area is 282 Å². The third-order valence-electron chi connectivity index (χ3n) is 9.31. The number of para-hydroxylation sites is 1. The van der Waals surface area contributed by atoms with Crippen LogP contribution >= 0.6 is 0 Å². The van der Waals surface area contributed by atoms with E-state index >= 15 is 0 Å². The van der Waals surface area contributed by atoms with Crippen LogP contribution in [0.4, 0.5) is 16.2 Å². The number of anilines is 2. The molecule has 0 spiro atoms. The van der Waals surface area contributed by atoms with Crippen molar-refractivity contribution in [2.45, 2.75) is 63.2 Å². The fraction of sp³-hybridized carbons (Fsp3) is 0.432. The minimum absolute atomic E-state index is 0.0507. The average Bonchev–Trinajstić information content (AvgIpc) is 3.10. The van der Waals surface area contributed by atoms with Crippen molar-refractivity contribution in [2.75, 3.05) is 43.4 Å². The second-order valence-electron chi connectivity index (χ2n) is 12.7. The van der Waals surface area contributed by atoms with Crippen molar-refractivity contribution >= 4 is 29.8 Å². The van der Waals surface area contributed by atoms with Gasteiger partial charge in [0, 0.05) is 44.2 Å². The van der Waals surface area contributed by atoms with Gasteiger partial charge in [-0.2, -0.15) is 0 Å². The summed E-state index contributed by atoms with van der Waals surface area (Å²) in [6, 6.07) is 22.5. The minimum Gasteiger partial charge on any atom is -0.506 e. The molecule has 48 heavy (non-hydrogen) atoms. The third kappa shape index (κ3) is 10.3. The molecule has 2 fully saturated rings. The molecule has 3 amide bonds. The SMILES string of the molecule is O=CNc1cc([C@H](O)CNCC2CCC(NC(=O)CCN3CCC(OC(=O)Nc4ccccc4-c4ccccc4)CC3)CC2)ccc1O. The van der Waals surface area contributed by atoms with Crippen molar-refractivity contribution in [1.82, 2.24) is 15.5 Å². The van der Waals surface area contributed by atoms with Crippen molar-refractivity contribution in [3.05, 3.63) is 78.4 Å². The summed E-state index contributed by atoms with van der Waals surface area (Å²) < 4.78 is 5.75. The van der Waals surface area contributed by atoms with Crippen molar-refractivity contribution in [2.24, 2.45) is 5.92 Å². The number of phenols is 1. The monoisotopic (exact) mass is 657 g/mol. The molecule has 3 aromatic rings. The molecule has 5 rings (SSSR count). The Balaban J connectivity index is 0.931. The molecule has 0 radical (unpaired) electrons. The Morgan fingerprint density at radius 2 is 1.65 bits per heavy atom. The highest BCUT2D eigenvalue weighted by atomic mass is 16.6. The van der Waals surface area contributed by atoms with Crippen LogP contribution in [0.5, 0.6) is 5.75 Å². The van der Waals surface area contributed by atoms with Gasteiger partial charge >= 0.3 is 6.09 Å². The van der Waals surface area contributed by atoms with E-state index in [1.54, 1.807) is 12.1 Å². The summed E-state index contributed by atoms with van der Waals surface area (Å²) in [6.45, 7) is 3.38. The number of benzene rings is 3. The average molecular weight is 658 g/mol. The number of hydrogen-bond donors (Lipinski definition) is 6. The standard InChI is InChI=1S/C37H47N5O6/c43-25-39-33-22-28(12-15-34(33)44)35(45)24-38-23-26-10-13-29(14-11-26)40-36(46)18-21-42-19-16-30(17-20-42)48-37(47)41-32-9-5-4-8-31(32)27-6-2-1-3-7-27/h1-9,12,15,22,25-26,29-30,35,38,44-45H,10-11,13-14,16-21,23-24H2,(H,39,43)(H,40,46)(H,41,47)/t26?,29?,35-/m1/s1. The molecule has 1 heterocycles. The summed E-state index contributed by atoms with van der Waals surface area (Å²) >= 11 is 0. The van der Waals surface area contributed by atoms with Crippen LogP contribution in [-0.4, -0.2) is 78.4 Å². The number of amides is 3. The smallest absolute Gasteiger partial charge is 0.411 e. The molecule has 1 atom stereocenters. The predicted octanol–water partition coefficient (Wildman–Crippen LogP) is 5.03. The van der Waals surface area contributed by atoms with Crippen LogP contribution in [0.3, 0.4) is 0 Å². The van der Waals surface area contributed by atoms with E-state index in [9.17, 15) is 24.6 Å². The van der Waals surface area contributed by atoms with Gasteiger partial charge in [0.2, 0.25) is 12.3 Å². The number of aliphatic hydroxyl groups is 1. The molecular formula is C37H47N5O6. The van der Waals surface area contributed by atoms with Crippen LogP contribution < -0.4 is 21.3 Å². The lowest BCUT2D eigenvalue weighted by Gasteiger charge is -2.32. The maximum absolute atomic E-state index is 12.7. The highest BCUT2D eigenvalue weighted by Gasteiger charge is 2.25. The highest BCUT2D eigenvalue weighted by molar-refractivity contribution is 5.91. The summed E-state index contributed by atoms with van der Waals surface area (Å²) in [5.41, 5.74) is 3.56. The van der Waals surface area contributed by atoms with Gasteiger partial charge in [0.1, 0.15) is 11.9 Å². The van der Waals surface area contributed by atoms with Gasteiger partial charge < -0.3 is 35.8 Å². The number of nitrogens with one attached hydrogen (secondary N) is 4. The van der Waals surface area contributed by atoms with Gasteiger partial charge in [0.05, 0.1) is 17.5 Å². The Morgan fingerprint density at radius 3 is 2.40 bits per heavy atom. The zero-order valence-electron chi connectivity index (χ0n) is 27.3. The minimum atomic E-state index is -0.764. The van der Waals surface area contributed by atoms with E-state index in [-0.39, 0.29) is 29.5 Å². The van der Waals surface area contributed by atoms with Gasteiger partial charge in [-0.05, 0) is 80.3 Å². The summed E-state index contributed by atoms with van der Waals surface area (Å²) in [5, 5.41) is 32.2. The maximum atomic E-state index is 12.7. The molecule has 1 aliphatic heterocycles. The molecule has 11 nitrogen and oxygen atoms in total. The van der Waals surface area contributed by atoms with E-state index < -0.39 is 12.2 Å². The van der Waals surface area contributed by atoms with E-state index in [4.69, 9.17) is 4.74 Å². The van der Waals surface area contributed by atoms with Gasteiger partial charge in [0.25, 0.3) is 0 Å². The molecule has 0 unspecified atom stereocenters. The number of piperidine rings is 1. The number of ether oxygens (including phenoxy) is 1. The van der Waals surface area contributed by atoms with Gasteiger partial charge in [0.15, 0.2) is 0 Å². The normalized spacial score (nSPS) is 19.2. The number of carbonyl (C=O) groups is 3. The second-order valence-corrected chi connectivity index (χ2v) is 12.7. The highest BCUT2D eigenvalue weighted by Crippen LogP contribution is 2.29. The first kappa shape index (κ1) is 34.9. The molecule has 1 saturated carbocycles. The number of phenolic OH excluding ortho intramolecular Hbond substituents is 1. The maximum Gasteiger partial charge on any atom is 0.411 e. The van der Waals surface area contributed by atoms with Gasteiger partial charge in [-0.1, -0.05) is 54.6 Å². The summed E-state index contributed by atoms with van der Waals surface area (Å²) in [7, 11) is 0. The molecule has 1 saturated heterocycles. The van der Waals surface area contributed by atoms with Crippen molar-refractivity contribution < 1.29 is 29.3 Å². The van der Waals surface area contributed by atoms with Crippen LogP contribution in [0.25, 0.3) is 11.1 Å². The molecule has 256 valence electrons. The quantitative estimate of drug-likeness (QED) is 0.104. The molecule has 2 aliphatic rings. The number of aromatic hydroxyl groups is 1. The van der Waals surface area contributed by atoms with Crippen molar-refractivity contribution in [1.29, 1.82) is 0 Å². The van der Waals surface area contributed by atoms with E-state index in [0.29, 0.717) is 43.1 Å². The summed E-state index contributed by atoms with van der Waals surface area (Å²) in [4.78, 5) is 38.4. The molecule has 0 bridgehead atoms. The zero-order chi connectivity index (χ0) is 33.7. The molecule has 6 N–H and O–H groups in total. The van der Waals surface area contributed by atoms with Gasteiger partial charge in [-0.3, -0.25) is 14.9 Å². The Morgan fingerprint density at radius 1 is 0.917 bits per heavy atom. The number of aliphatic hydroxyl groups excluding tert-OH is 1. The van der Waals surface area contributed by atoms with Crippen LogP contribution in [0.1, 0.15) is 56.6 Å². The molecular weight excluding hydrogens is 610 g/mol. The number of hydrogen-bond acceptors (Lipinski definition) is 8. The van der Waals surface area contributed by atoms with E-state index in [0.717, 1.165) is 69.3 Å². The number of likely N-dealkylation sites (tertiary alicyclic amines) is 1. The lowest BCUT2D eigenvalue weighted by molar-refractivity contribution is -0.122. The first-order chi connectivity index (χ1) is 23.4. The summed E-state index contributed by atoms with van der Waals surface area (Å²) in [5.74, 6) is 0.499. The lowest BCUT2D eigenvalue weighted by atomic mass is 9.86. The van der Waals surface area contributed by atoms with Gasteiger partial charge in [-0.15, -0.1) is 0 Å². The van der Waals surface area contributed by atoms with Crippen molar-refractivity contribution in [3.8, 4) is 16.9 Å². The topological polar surface area (TPSA) is 152 Å². The van der Waals surface area contributed by atoms with E-state index in [1.807, 2.05) is 54.6 Å². The van der Waals surface area contributed by atoms with Gasteiger partial charge in [-0.25, -0.2) is 4.79 Å². The fourth-order valence-corrected chi connectivity index (χ4v) is 6.56. The van der Waals surface area contributed by atoms with Crippen molar-refractivity contribution in [3.63, 3.8) is 0 Å². The Bertz CT molecular complexity index is 1490. The molecule has 1 aliphatic carbocycles. The Kier molecular flexibility index (Phi) is 12.8. The van der Waals surface area contributed by atoms with Crippen LogP contribution in [0.15, 0.2) is 72.8 Å². The predicted molar refractivity (Wildman–Crippen MR) is 186 cm³/mol. The molecule has 11 heteroatoms. The largest absolute Gasteiger partial charge is 0.506 e. The number of nitrogens with zero attached hydrogens (tertiary/aromatic N) is 1. The number of carbonyl (C=O) groups excluding carboxylic acids is 3. The lowest BCUT2D eigenvalue weighted by Crippen LogP contribution is -2.42. The zero-order valence-corrected chi connectivity index (χ0v) is 27.3. The van der Waals surface area contributed by atoms with Crippen LogP contribution in [0.2, 0.25) is 0 Å². The second kappa shape index (κ2) is 17.6. The molecule has 0 aromatic heterocycles. The Hall–Kier alpha value is -4.45.